The monoisotopic (exact) mass is 288 g/mol. The van der Waals surface area contributed by atoms with Crippen molar-refractivity contribution in [3.8, 4) is 0 Å². The normalized spacial score (nSPS) is 12.4. The first-order valence-corrected chi connectivity index (χ1v) is 6.91. The van der Waals surface area contributed by atoms with Crippen LogP contribution < -0.4 is 5.32 Å². The smallest absolute Gasteiger partial charge is 0.269 e. The maximum absolute atomic E-state index is 10.7. The zero-order valence-corrected chi connectivity index (χ0v) is 12.8. The van der Waals surface area contributed by atoms with Crippen LogP contribution in [0.5, 0.6) is 0 Å². The molecule has 1 unspecified atom stereocenters. The predicted molar refractivity (Wildman–Crippen MR) is 81.5 cm³/mol. The van der Waals surface area contributed by atoms with E-state index in [0.717, 1.165) is 29.1 Å². The zero-order valence-electron chi connectivity index (χ0n) is 12.8. The van der Waals surface area contributed by atoms with Crippen LogP contribution in [0.25, 0.3) is 0 Å². The van der Waals surface area contributed by atoms with Crippen LogP contribution in [-0.2, 0) is 6.42 Å². The number of benzene rings is 1. The summed E-state index contributed by atoms with van der Waals surface area (Å²) in [4.78, 5) is 10.3. The van der Waals surface area contributed by atoms with Gasteiger partial charge in [-0.25, -0.2) is 0 Å². The zero-order chi connectivity index (χ0) is 15.6. The topological polar surface area (TPSA) is 68.3 Å². The van der Waals surface area contributed by atoms with Gasteiger partial charge in [0.1, 0.15) is 11.5 Å². The molecule has 1 aromatic carbocycles. The number of non-ortho nitro benzene ring substituents is 1. The summed E-state index contributed by atoms with van der Waals surface area (Å²) in [6.07, 6.45) is 0.759. The van der Waals surface area contributed by atoms with E-state index >= 15 is 0 Å². The maximum atomic E-state index is 10.7. The molecule has 0 aliphatic heterocycles. The van der Waals surface area contributed by atoms with Crippen molar-refractivity contribution in [2.24, 2.45) is 0 Å². The largest absolute Gasteiger partial charge is 0.466 e. The quantitative estimate of drug-likeness (QED) is 0.674. The highest BCUT2D eigenvalue weighted by Gasteiger charge is 2.20. The molecular weight excluding hydrogens is 268 g/mol. The van der Waals surface area contributed by atoms with E-state index in [0.29, 0.717) is 0 Å². The van der Waals surface area contributed by atoms with Gasteiger partial charge >= 0.3 is 0 Å². The maximum Gasteiger partial charge on any atom is 0.269 e. The van der Waals surface area contributed by atoms with Crippen LogP contribution in [0.3, 0.4) is 0 Å². The van der Waals surface area contributed by atoms with E-state index < -0.39 is 0 Å². The number of hydrogen-bond donors (Lipinski definition) is 1. The molecule has 0 aliphatic carbocycles. The highest BCUT2D eigenvalue weighted by Crippen LogP contribution is 2.29. The number of furan rings is 1. The van der Waals surface area contributed by atoms with E-state index in [-0.39, 0.29) is 16.7 Å². The Morgan fingerprint density at radius 2 is 1.81 bits per heavy atom. The predicted octanol–water partition coefficient (Wildman–Crippen LogP) is 3.62. The number of nitrogens with one attached hydrogen (secondary N) is 1. The van der Waals surface area contributed by atoms with E-state index in [4.69, 9.17) is 4.42 Å². The second-order valence-electron chi connectivity index (χ2n) is 5.22. The average molecular weight is 288 g/mol. The Kier molecular flexibility index (Phi) is 4.43. The second kappa shape index (κ2) is 6.10. The van der Waals surface area contributed by atoms with E-state index in [1.54, 1.807) is 24.3 Å². The van der Waals surface area contributed by atoms with Crippen molar-refractivity contribution >= 4 is 5.69 Å². The number of nitro groups is 1. The molecule has 0 aliphatic rings. The van der Waals surface area contributed by atoms with E-state index in [9.17, 15) is 10.1 Å². The van der Waals surface area contributed by atoms with Crippen molar-refractivity contribution < 1.29 is 9.34 Å². The van der Waals surface area contributed by atoms with Gasteiger partial charge in [-0.05, 0) is 45.4 Å². The first-order chi connectivity index (χ1) is 9.93. The standard InChI is InChI=1S/C16H20N2O3/c1-10-11(2)21-12(3)16(10)15(17-4)9-13-5-7-14(8-6-13)18(19)20/h5-8,15,17H,9H2,1-4H3. The molecule has 1 atom stereocenters. The fourth-order valence-corrected chi connectivity index (χ4v) is 2.66. The summed E-state index contributed by atoms with van der Waals surface area (Å²) >= 11 is 0. The summed E-state index contributed by atoms with van der Waals surface area (Å²) in [6.45, 7) is 5.99. The van der Waals surface area contributed by atoms with Gasteiger partial charge in [0.2, 0.25) is 0 Å². The Morgan fingerprint density at radius 3 is 2.24 bits per heavy atom. The van der Waals surface area contributed by atoms with Crippen molar-refractivity contribution in [1.29, 1.82) is 0 Å². The van der Waals surface area contributed by atoms with Crippen LogP contribution in [-0.4, -0.2) is 12.0 Å². The van der Waals surface area contributed by atoms with Crippen molar-refractivity contribution in [3.63, 3.8) is 0 Å². The Hall–Kier alpha value is -2.14. The van der Waals surface area contributed by atoms with Crippen LogP contribution in [0.1, 0.15) is 34.3 Å². The molecule has 112 valence electrons. The first kappa shape index (κ1) is 15.3. The third kappa shape index (κ3) is 3.13. The third-order valence-corrected chi connectivity index (χ3v) is 3.90. The van der Waals surface area contributed by atoms with Crippen LogP contribution in [0.4, 0.5) is 5.69 Å². The molecule has 0 radical (unpaired) electrons. The molecular formula is C16H20N2O3. The summed E-state index contributed by atoms with van der Waals surface area (Å²) < 4.78 is 5.69. The molecule has 0 spiro atoms. The molecule has 2 aromatic rings. The summed E-state index contributed by atoms with van der Waals surface area (Å²) in [5, 5.41) is 14.0. The van der Waals surface area contributed by atoms with Crippen molar-refractivity contribution in [2.45, 2.75) is 33.2 Å². The number of nitrogens with zero attached hydrogens (tertiary/aromatic N) is 1. The van der Waals surface area contributed by atoms with Crippen molar-refractivity contribution in [2.75, 3.05) is 7.05 Å². The minimum atomic E-state index is -0.382. The number of rotatable bonds is 5. The van der Waals surface area contributed by atoms with Gasteiger partial charge in [-0.15, -0.1) is 0 Å². The minimum absolute atomic E-state index is 0.117. The molecule has 21 heavy (non-hydrogen) atoms. The van der Waals surface area contributed by atoms with E-state index in [1.807, 2.05) is 20.9 Å². The van der Waals surface area contributed by atoms with Gasteiger partial charge in [-0.3, -0.25) is 10.1 Å². The molecule has 2 rings (SSSR count). The lowest BCUT2D eigenvalue weighted by molar-refractivity contribution is -0.384. The summed E-state index contributed by atoms with van der Waals surface area (Å²) in [5.74, 6) is 1.86. The second-order valence-corrected chi connectivity index (χ2v) is 5.22. The van der Waals surface area contributed by atoms with Gasteiger partial charge < -0.3 is 9.73 Å². The summed E-state index contributed by atoms with van der Waals surface area (Å²) in [7, 11) is 1.91. The van der Waals surface area contributed by atoms with Gasteiger partial charge in [0.25, 0.3) is 5.69 Å². The summed E-state index contributed by atoms with van der Waals surface area (Å²) in [6, 6.07) is 6.83. The first-order valence-electron chi connectivity index (χ1n) is 6.91. The number of aryl methyl sites for hydroxylation is 2. The van der Waals surface area contributed by atoms with Crippen LogP contribution in [0.2, 0.25) is 0 Å². The fraction of sp³-hybridized carbons (Fsp3) is 0.375. The third-order valence-electron chi connectivity index (χ3n) is 3.90. The highest BCUT2D eigenvalue weighted by atomic mass is 16.6. The Labute approximate surface area is 124 Å². The molecule has 0 amide bonds. The molecule has 1 N–H and O–H groups in total. The lowest BCUT2D eigenvalue weighted by Gasteiger charge is -2.17. The molecule has 5 heteroatoms. The van der Waals surface area contributed by atoms with Crippen molar-refractivity contribution in [3.05, 3.63) is 62.6 Å². The molecule has 0 fully saturated rings. The molecule has 0 saturated carbocycles. The van der Waals surface area contributed by atoms with Crippen molar-refractivity contribution in [1.82, 2.24) is 5.32 Å². The number of likely N-dealkylation sites (N-methyl/N-ethyl adjacent to an activating group) is 1. The minimum Gasteiger partial charge on any atom is -0.466 e. The van der Waals surface area contributed by atoms with Gasteiger partial charge in [-0.2, -0.15) is 0 Å². The molecule has 0 saturated heterocycles. The molecule has 1 aromatic heterocycles. The SMILES string of the molecule is CNC(Cc1ccc([N+](=O)[O-])cc1)c1c(C)oc(C)c1C. The molecule has 0 bridgehead atoms. The number of hydrogen-bond acceptors (Lipinski definition) is 4. The summed E-state index contributed by atoms with van der Waals surface area (Å²) in [5.41, 5.74) is 3.51. The highest BCUT2D eigenvalue weighted by molar-refractivity contribution is 5.37. The van der Waals surface area contributed by atoms with Crippen LogP contribution in [0.15, 0.2) is 28.7 Å². The lowest BCUT2D eigenvalue weighted by Crippen LogP contribution is -2.20. The Balaban J connectivity index is 2.25. The molecule has 5 nitrogen and oxygen atoms in total. The van der Waals surface area contributed by atoms with Gasteiger partial charge in [0.15, 0.2) is 0 Å². The van der Waals surface area contributed by atoms with Gasteiger partial charge in [0.05, 0.1) is 4.92 Å². The van der Waals surface area contributed by atoms with Gasteiger partial charge in [0, 0.05) is 23.7 Å². The Bertz CT molecular complexity index is 644. The van der Waals surface area contributed by atoms with Gasteiger partial charge in [-0.1, -0.05) is 12.1 Å². The van der Waals surface area contributed by atoms with Crippen LogP contribution in [0, 0.1) is 30.9 Å². The Morgan fingerprint density at radius 1 is 1.19 bits per heavy atom. The lowest BCUT2D eigenvalue weighted by atomic mass is 9.96. The molecule has 1 heterocycles. The fourth-order valence-electron chi connectivity index (χ4n) is 2.66. The van der Waals surface area contributed by atoms with E-state index in [2.05, 4.69) is 12.2 Å². The number of nitro benzene ring substituents is 1. The average Bonchev–Trinajstić information content (AvgIpc) is 2.70. The van der Waals surface area contributed by atoms with E-state index in [1.165, 1.54) is 5.56 Å². The van der Waals surface area contributed by atoms with Crippen LogP contribution >= 0.6 is 0 Å².